The summed E-state index contributed by atoms with van der Waals surface area (Å²) >= 11 is 1.56. The Balaban J connectivity index is 1.68. The molecule has 2 amide bonds. The lowest BCUT2D eigenvalue weighted by molar-refractivity contribution is -0.143. The predicted octanol–water partition coefficient (Wildman–Crippen LogP) is 1.43. The molecule has 1 saturated heterocycles. The van der Waals surface area contributed by atoms with E-state index in [2.05, 4.69) is 5.32 Å². The van der Waals surface area contributed by atoms with Gasteiger partial charge in [0, 0.05) is 30.9 Å². The number of amides is 2. The molecule has 0 aliphatic carbocycles. The first-order valence-corrected chi connectivity index (χ1v) is 8.15. The molecule has 2 atom stereocenters. The molecule has 6 heteroatoms. The zero-order valence-corrected chi connectivity index (χ0v) is 13.3. The minimum Gasteiger partial charge on any atom is -0.372 e. The summed E-state index contributed by atoms with van der Waals surface area (Å²) in [7, 11) is 0. The van der Waals surface area contributed by atoms with Crippen LogP contribution in [0.3, 0.4) is 0 Å². The number of morpholine rings is 1. The third-order valence-corrected chi connectivity index (χ3v) is 4.22. The van der Waals surface area contributed by atoms with Crippen LogP contribution in [0.15, 0.2) is 17.5 Å². The van der Waals surface area contributed by atoms with Crippen molar-refractivity contribution in [2.24, 2.45) is 0 Å². The molecule has 1 aromatic rings. The predicted molar refractivity (Wildman–Crippen MR) is 82.2 cm³/mol. The van der Waals surface area contributed by atoms with Crippen LogP contribution in [0, 0.1) is 0 Å². The molecule has 0 radical (unpaired) electrons. The molecular weight excluding hydrogens is 288 g/mol. The quantitative estimate of drug-likeness (QED) is 0.895. The van der Waals surface area contributed by atoms with E-state index in [9.17, 15) is 9.59 Å². The fourth-order valence-corrected chi connectivity index (χ4v) is 3.19. The third kappa shape index (κ3) is 5.13. The van der Waals surface area contributed by atoms with E-state index in [4.69, 9.17) is 4.74 Å². The smallest absolute Gasteiger partial charge is 0.225 e. The van der Waals surface area contributed by atoms with Crippen LogP contribution in [-0.2, 0) is 20.7 Å². The topological polar surface area (TPSA) is 58.6 Å². The minimum absolute atomic E-state index is 0.0334. The fourth-order valence-electron chi connectivity index (χ4n) is 2.48. The van der Waals surface area contributed by atoms with Gasteiger partial charge < -0.3 is 15.0 Å². The van der Waals surface area contributed by atoms with Crippen molar-refractivity contribution < 1.29 is 14.3 Å². The number of carbonyl (C=O) groups excluding carboxylic acids is 2. The molecular formula is C15H22N2O3S. The number of rotatable bonds is 5. The number of ether oxygens (including phenoxy) is 1. The van der Waals surface area contributed by atoms with Crippen molar-refractivity contribution in [2.45, 2.75) is 38.9 Å². The van der Waals surface area contributed by atoms with E-state index in [1.807, 2.05) is 36.3 Å². The van der Waals surface area contributed by atoms with Gasteiger partial charge in [0.1, 0.15) is 0 Å². The summed E-state index contributed by atoms with van der Waals surface area (Å²) in [5, 5.41) is 4.75. The van der Waals surface area contributed by atoms with Gasteiger partial charge in [-0.15, -0.1) is 11.3 Å². The summed E-state index contributed by atoms with van der Waals surface area (Å²) in [6.45, 7) is 5.60. The molecule has 0 spiro atoms. The highest BCUT2D eigenvalue weighted by Crippen LogP contribution is 2.11. The second-order valence-electron chi connectivity index (χ2n) is 5.41. The molecule has 5 nitrogen and oxygen atoms in total. The second-order valence-corrected chi connectivity index (χ2v) is 6.44. The first-order chi connectivity index (χ1) is 10.0. The molecule has 1 aromatic heterocycles. The first kappa shape index (κ1) is 16.0. The van der Waals surface area contributed by atoms with Crippen molar-refractivity contribution in [2.75, 3.05) is 19.6 Å². The Labute approximate surface area is 129 Å². The first-order valence-electron chi connectivity index (χ1n) is 7.27. The van der Waals surface area contributed by atoms with E-state index in [1.165, 1.54) is 0 Å². The highest BCUT2D eigenvalue weighted by Gasteiger charge is 2.25. The number of nitrogens with one attached hydrogen (secondary N) is 1. The number of thiophene rings is 1. The van der Waals surface area contributed by atoms with E-state index >= 15 is 0 Å². The fraction of sp³-hybridized carbons (Fsp3) is 0.600. The lowest BCUT2D eigenvalue weighted by Crippen LogP contribution is -2.48. The highest BCUT2D eigenvalue weighted by atomic mass is 32.1. The number of carbonyl (C=O) groups is 2. The van der Waals surface area contributed by atoms with Crippen LogP contribution < -0.4 is 5.32 Å². The van der Waals surface area contributed by atoms with Gasteiger partial charge in [-0.05, 0) is 25.3 Å². The van der Waals surface area contributed by atoms with E-state index in [0.29, 0.717) is 32.5 Å². The van der Waals surface area contributed by atoms with Gasteiger partial charge in [0.2, 0.25) is 11.8 Å². The van der Waals surface area contributed by atoms with Crippen LogP contribution in [0.1, 0.15) is 25.1 Å². The van der Waals surface area contributed by atoms with Crippen LogP contribution in [0.2, 0.25) is 0 Å². The Kier molecular flexibility index (Phi) is 5.76. The van der Waals surface area contributed by atoms with Gasteiger partial charge in [0.25, 0.3) is 0 Å². The van der Waals surface area contributed by atoms with Crippen molar-refractivity contribution in [3.8, 4) is 0 Å². The Hall–Kier alpha value is -1.40. The minimum atomic E-state index is -0.0334. The molecule has 1 fully saturated rings. The van der Waals surface area contributed by atoms with Gasteiger partial charge in [-0.1, -0.05) is 6.07 Å². The van der Waals surface area contributed by atoms with Crippen LogP contribution in [0.4, 0.5) is 0 Å². The maximum absolute atomic E-state index is 12.1. The summed E-state index contributed by atoms with van der Waals surface area (Å²) in [4.78, 5) is 26.7. The molecule has 0 bridgehead atoms. The molecule has 116 valence electrons. The number of hydrogen-bond acceptors (Lipinski definition) is 4. The SMILES string of the molecule is CC1CN(C(=O)CCNC(=O)Cc2cccs2)CC(C)O1. The molecule has 1 N–H and O–H groups in total. The van der Waals surface area contributed by atoms with Crippen molar-refractivity contribution in [3.05, 3.63) is 22.4 Å². The number of hydrogen-bond donors (Lipinski definition) is 1. The molecule has 2 heterocycles. The third-order valence-electron chi connectivity index (χ3n) is 3.35. The second kappa shape index (κ2) is 7.56. The van der Waals surface area contributed by atoms with Crippen molar-refractivity contribution in [1.82, 2.24) is 10.2 Å². The number of nitrogens with zero attached hydrogens (tertiary/aromatic N) is 1. The summed E-state index contributed by atoms with van der Waals surface area (Å²) in [6.07, 6.45) is 0.879. The largest absolute Gasteiger partial charge is 0.372 e. The molecule has 2 rings (SSSR count). The van der Waals surface area contributed by atoms with Crippen LogP contribution in [0.5, 0.6) is 0 Å². The van der Waals surface area contributed by atoms with Gasteiger partial charge in [0.05, 0.1) is 18.6 Å². The maximum atomic E-state index is 12.1. The zero-order valence-electron chi connectivity index (χ0n) is 12.5. The van der Waals surface area contributed by atoms with Crippen LogP contribution >= 0.6 is 11.3 Å². The molecule has 0 aromatic carbocycles. The van der Waals surface area contributed by atoms with Gasteiger partial charge in [0.15, 0.2) is 0 Å². The summed E-state index contributed by atoms with van der Waals surface area (Å²) < 4.78 is 5.61. The molecule has 1 aliphatic heterocycles. The standard InChI is InChI=1S/C15H22N2O3S/c1-11-9-17(10-12(2)20-11)15(19)5-6-16-14(18)8-13-4-3-7-21-13/h3-4,7,11-12H,5-6,8-10H2,1-2H3,(H,16,18). The Morgan fingerprint density at radius 1 is 1.38 bits per heavy atom. The van der Waals surface area contributed by atoms with Crippen molar-refractivity contribution in [1.29, 1.82) is 0 Å². The van der Waals surface area contributed by atoms with E-state index < -0.39 is 0 Å². The van der Waals surface area contributed by atoms with Crippen molar-refractivity contribution >= 4 is 23.2 Å². The average molecular weight is 310 g/mol. The van der Waals surface area contributed by atoms with E-state index in [1.54, 1.807) is 11.3 Å². The maximum Gasteiger partial charge on any atom is 0.225 e. The highest BCUT2D eigenvalue weighted by molar-refractivity contribution is 7.10. The van der Waals surface area contributed by atoms with E-state index in [0.717, 1.165) is 4.88 Å². The van der Waals surface area contributed by atoms with Crippen molar-refractivity contribution in [3.63, 3.8) is 0 Å². The lowest BCUT2D eigenvalue weighted by Gasteiger charge is -2.35. The summed E-state index contributed by atoms with van der Waals surface area (Å²) in [5.41, 5.74) is 0. The Bertz CT molecular complexity index is 465. The zero-order chi connectivity index (χ0) is 15.2. The van der Waals surface area contributed by atoms with E-state index in [-0.39, 0.29) is 24.0 Å². The molecule has 1 aliphatic rings. The normalized spacial score (nSPS) is 22.1. The summed E-state index contributed by atoms with van der Waals surface area (Å²) in [5.74, 6) is 0.0439. The molecule has 2 unspecified atom stereocenters. The van der Waals surface area contributed by atoms with Gasteiger partial charge in [-0.2, -0.15) is 0 Å². The van der Waals surface area contributed by atoms with Crippen LogP contribution in [0.25, 0.3) is 0 Å². The van der Waals surface area contributed by atoms with Gasteiger partial charge in [-0.25, -0.2) is 0 Å². The average Bonchev–Trinajstić information content (AvgIpc) is 2.90. The Morgan fingerprint density at radius 3 is 2.71 bits per heavy atom. The molecule has 21 heavy (non-hydrogen) atoms. The van der Waals surface area contributed by atoms with Gasteiger partial charge >= 0.3 is 0 Å². The monoisotopic (exact) mass is 310 g/mol. The Morgan fingerprint density at radius 2 is 2.10 bits per heavy atom. The lowest BCUT2D eigenvalue weighted by atomic mass is 10.2. The molecule has 0 saturated carbocycles. The van der Waals surface area contributed by atoms with Gasteiger partial charge in [-0.3, -0.25) is 9.59 Å². The summed E-state index contributed by atoms with van der Waals surface area (Å²) in [6, 6.07) is 3.86. The van der Waals surface area contributed by atoms with Crippen LogP contribution in [-0.4, -0.2) is 48.6 Å².